The van der Waals surface area contributed by atoms with E-state index < -0.39 is 0 Å². The van der Waals surface area contributed by atoms with Crippen molar-refractivity contribution >= 4 is 34.6 Å². The Kier molecular flexibility index (Phi) is 5.55. The lowest BCUT2D eigenvalue weighted by Crippen LogP contribution is -2.24. The fraction of sp³-hybridized carbons (Fsp3) is 0.111. The molecule has 7 nitrogen and oxygen atoms in total. The van der Waals surface area contributed by atoms with Crippen molar-refractivity contribution in [3.05, 3.63) is 59.9 Å². The van der Waals surface area contributed by atoms with Gasteiger partial charge in [-0.05, 0) is 36.4 Å². The molecule has 0 saturated heterocycles. The van der Waals surface area contributed by atoms with Gasteiger partial charge in [0.1, 0.15) is 5.01 Å². The van der Waals surface area contributed by atoms with Gasteiger partial charge in [-0.25, -0.2) is 9.78 Å². The van der Waals surface area contributed by atoms with Crippen molar-refractivity contribution in [2.75, 3.05) is 17.7 Å². The molecule has 0 bridgehead atoms. The molecule has 8 heteroatoms. The van der Waals surface area contributed by atoms with Crippen LogP contribution in [0.25, 0.3) is 10.6 Å². The first-order valence-electron chi connectivity index (χ1n) is 7.87. The standard InChI is InChI=1S/C18H17N5O2S/c1-19-18(25)23-14-6-4-13(5-7-14)21-16(24)9-15-11-26-17(22-15)12-3-2-8-20-10-12/h2-8,10-11H,9H2,1H3,(H,21,24)(H2,19,23,25). The second-order valence-corrected chi connectivity index (χ2v) is 6.25. The number of nitrogens with zero attached hydrogens (tertiary/aromatic N) is 2. The molecule has 3 N–H and O–H groups in total. The Hall–Kier alpha value is -3.26. The van der Waals surface area contributed by atoms with Gasteiger partial charge >= 0.3 is 6.03 Å². The average molecular weight is 367 g/mol. The van der Waals surface area contributed by atoms with E-state index in [1.165, 1.54) is 11.3 Å². The normalized spacial score (nSPS) is 10.2. The molecule has 0 aliphatic carbocycles. The van der Waals surface area contributed by atoms with Crippen LogP contribution in [-0.4, -0.2) is 29.0 Å². The van der Waals surface area contributed by atoms with Crippen LogP contribution in [0.3, 0.4) is 0 Å². The van der Waals surface area contributed by atoms with E-state index in [4.69, 9.17) is 0 Å². The first-order chi connectivity index (χ1) is 12.6. The Balaban J connectivity index is 1.57. The highest BCUT2D eigenvalue weighted by molar-refractivity contribution is 7.13. The molecule has 26 heavy (non-hydrogen) atoms. The predicted octanol–water partition coefficient (Wildman–Crippen LogP) is 3.14. The van der Waals surface area contributed by atoms with Crippen molar-refractivity contribution in [2.24, 2.45) is 0 Å². The number of pyridine rings is 1. The van der Waals surface area contributed by atoms with Gasteiger partial charge in [0.2, 0.25) is 5.91 Å². The highest BCUT2D eigenvalue weighted by atomic mass is 32.1. The first-order valence-corrected chi connectivity index (χ1v) is 8.75. The maximum absolute atomic E-state index is 12.2. The largest absolute Gasteiger partial charge is 0.341 e. The Morgan fingerprint density at radius 1 is 1.08 bits per heavy atom. The maximum Gasteiger partial charge on any atom is 0.318 e. The van der Waals surface area contributed by atoms with E-state index in [0.717, 1.165) is 10.6 Å². The lowest BCUT2D eigenvalue weighted by molar-refractivity contribution is -0.115. The summed E-state index contributed by atoms with van der Waals surface area (Å²) in [6, 6.07) is 10.4. The van der Waals surface area contributed by atoms with Crippen molar-refractivity contribution in [3.8, 4) is 10.6 Å². The molecule has 0 saturated carbocycles. The topological polar surface area (TPSA) is 96.0 Å². The average Bonchev–Trinajstić information content (AvgIpc) is 3.12. The summed E-state index contributed by atoms with van der Waals surface area (Å²) in [5.74, 6) is -0.153. The van der Waals surface area contributed by atoms with Crippen LogP contribution < -0.4 is 16.0 Å². The van der Waals surface area contributed by atoms with Crippen LogP contribution in [-0.2, 0) is 11.2 Å². The summed E-state index contributed by atoms with van der Waals surface area (Å²) in [5.41, 5.74) is 2.94. The molecule has 2 aromatic heterocycles. The van der Waals surface area contributed by atoms with Gasteiger partial charge in [0.15, 0.2) is 0 Å². The van der Waals surface area contributed by atoms with Crippen LogP contribution in [0.4, 0.5) is 16.2 Å². The molecule has 0 aliphatic heterocycles. The van der Waals surface area contributed by atoms with Crippen LogP contribution in [0, 0.1) is 0 Å². The quantitative estimate of drug-likeness (QED) is 0.645. The highest BCUT2D eigenvalue weighted by Crippen LogP contribution is 2.23. The first kappa shape index (κ1) is 17.6. The predicted molar refractivity (Wildman–Crippen MR) is 102 cm³/mol. The summed E-state index contributed by atoms with van der Waals surface area (Å²) in [6.07, 6.45) is 3.65. The third-order valence-electron chi connectivity index (χ3n) is 3.46. The van der Waals surface area contributed by atoms with Crippen molar-refractivity contribution in [1.29, 1.82) is 0 Å². The van der Waals surface area contributed by atoms with Gasteiger partial charge in [0.05, 0.1) is 12.1 Å². The summed E-state index contributed by atoms with van der Waals surface area (Å²) in [5, 5.41) is 10.7. The fourth-order valence-corrected chi connectivity index (χ4v) is 3.02. The Morgan fingerprint density at radius 3 is 2.46 bits per heavy atom. The second-order valence-electron chi connectivity index (χ2n) is 5.39. The number of carbonyl (C=O) groups is 2. The smallest absolute Gasteiger partial charge is 0.318 e. The van der Waals surface area contributed by atoms with Crippen LogP contribution in [0.5, 0.6) is 0 Å². The number of thiazole rings is 1. The molecule has 3 aromatic rings. The van der Waals surface area contributed by atoms with Gasteiger partial charge in [0.25, 0.3) is 0 Å². The van der Waals surface area contributed by atoms with Crippen LogP contribution in [0.15, 0.2) is 54.2 Å². The SMILES string of the molecule is CNC(=O)Nc1ccc(NC(=O)Cc2csc(-c3cccnc3)n2)cc1. The van der Waals surface area contributed by atoms with E-state index in [1.807, 2.05) is 17.5 Å². The van der Waals surface area contributed by atoms with E-state index >= 15 is 0 Å². The number of nitrogens with one attached hydrogen (secondary N) is 3. The van der Waals surface area contributed by atoms with Crippen molar-refractivity contribution in [1.82, 2.24) is 15.3 Å². The van der Waals surface area contributed by atoms with Gasteiger partial charge in [-0.2, -0.15) is 0 Å². The summed E-state index contributed by atoms with van der Waals surface area (Å²) in [6.45, 7) is 0. The molecule has 0 fully saturated rings. The van der Waals surface area contributed by atoms with Crippen molar-refractivity contribution in [3.63, 3.8) is 0 Å². The minimum absolute atomic E-state index is 0.153. The number of anilines is 2. The molecule has 0 spiro atoms. The number of hydrogen-bond donors (Lipinski definition) is 3. The molecular weight excluding hydrogens is 350 g/mol. The number of carbonyl (C=O) groups excluding carboxylic acids is 2. The Labute approximate surface area is 154 Å². The number of aromatic nitrogens is 2. The summed E-state index contributed by atoms with van der Waals surface area (Å²) >= 11 is 1.48. The number of hydrogen-bond acceptors (Lipinski definition) is 5. The molecule has 0 aliphatic rings. The number of benzene rings is 1. The maximum atomic E-state index is 12.2. The van der Waals surface area contributed by atoms with E-state index in [1.54, 1.807) is 43.7 Å². The second kappa shape index (κ2) is 8.21. The van der Waals surface area contributed by atoms with Crippen molar-refractivity contribution in [2.45, 2.75) is 6.42 Å². The molecule has 3 amide bonds. The van der Waals surface area contributed by atoms with Crippen LogP contribution in [0.1, 0.15) is 5.69 Å². The van der Waals surface area contributed by atoms with Gasteiger partial charge in [0, 0.05) is 41.8 Å². The Bertz CT molecular complexity index is 893. The zero-order chi connectivity index (χ0) is 18.4. The summed E-state index contributed by atoms with van der Waals surface area (Å²) in [4.78, 5) is 32.0. The lowest BCUT2D eigenvalue weighted by atomic mass is 10.2. The number of amides is 3. The zero-order valence-electron chi connectivity index (χ0n) is 14.0. The molecule has 1 aromatic carbocycles. The van der Waals surface area contributed by atoms with Gasteiger partial charge < -0.3 is 16.0 Å². The lowest BCUT2D eigenvalue weighted by Gasteiger charge is -2.07. The fourth-order valence-electron chi connectivity index (χ4n) is 2.21. The molecule has 0 radical (unpaired) electrons. The van der Waals surface area contributed by atoms with E-state index in [9.17, 15) is 9.59 Å². The molecule has 132 valence electrons. The molecule has 3 rings (SSSR count). The van der Waals surface area contributed by atoms with Crippen LogP contribution >= 0.6 is 11.3 Å². The molecule has 0 atom stereocenters. The highest BCUT2D eigenvalue weighted by Gasteiger charge is 2.10. The summed E-state index contributed by atoms with van der Waals surface area (Å²) < 4.78 is 0. The minimum atomic E-state index is -0.297. The van der Waals surface area contributed by atoms with E-state index in [-0.39, 0.29) is 18.4 Å². The van der Waals surface area contributed by atoms with Crippen molar-refractivity contribution < 1.29 is 9.59 Å². The third kappa shape index (κ3) is 4.64. The van der Waals surface area contributed by atoms with Gasteiger partial charge in [-0.3, -0.25) is 9.78 Å². The number of rotatable bonds is 5. The van der Waals surface area contributed by atoms with Gasteiger partial charge in [-0.1, -0.05) is 0 Å². The summed E-state index contributed by atoms with van der Waals surface area (Å²) in [7, 11) is 1.54. The number of urea groups is 1. The van der Waals surface area contributed by atoms with E-state index in [2.05, 4.69) is 25.9 Å². The van der Waals surface area contributed by atoms with E-state index in [0.29, 0.717) is 17.1 Å². The third-order valence-corrected chi connectivity index (χ3v) is 4.40. The monoisotopic (exact) mass is 367 g/mol. The molecular formula is C18H17N5O2S. The van der Waals surface area contributed by atoms with Crippen LogP contribution in [0.2, 0.25) is 0 Å². The van der Waals surface area contributed by atoms with Gasteiger partial charge in [-0.15, -0.1) is 11.3 Å². The zero-order valence-corrected chi connectivity index (χ0v) is 14.8. The minimum Gasteiger partial charge on any atom is -0.341 e. The molecule has 0 unspecified atom stereocenters. The Morgan fingerprint density at radius 2 is 1.81 bits per heavy atom. The molecule has 2 heterocycles.